The first-order chi connectivity index (χ1) is 8.95. The highest BCUT2D eigenvalue weighted by Gasteiger charge is 2.11. The van der Waals surface area contributed by atoms with Gasteiger partial charge in [0.05, 0.1) is 5.02 Å². The van der Waals surface area contributed by atoms with Gasteiger partial charge in [0.25, 0.3) is 0 Å². The van der Waals surface area contributed by atoms with Crippen molar-refractivity contribution >= 4 is 33.5 Å². The van der Waals surface area contributed by atoms with Crippen LogP contribution in [0.15, 0.2) is 28.7 Å². The molecule has 0 saturated heterocycles. The third-order valence-corrected chi connectivity index (χ3v) is 2.94. The first-order valence-corrected chi connectivity index (χ1v) is 6.34. The molecule has 98 valence electrons. The second-order valence-electron chi connectivity index (χ2n) is 3.66. The number of nitrogens with zero attached hydrogens (tertiary/aromatic N) is 2. The summed E-state index contributed by atoms with van der Waals surface area (Å²) in [7, 11) is 0. The van der Waals surface area contributed by atoms with Crippen LogP contribution in [0.25, 0.3) is 0 Å². The third kappa shape index (κ3) is 3.42. The van der Waals surface area contributed by atoms with E-state index in [1.807, 2.05) is 0 Å². The van der Waals surface area contributed by atoms with E-state index < -0.39 is 5.97 Å². The van der Waals surface area contributed by atoms with Gasteiger partial charge in [-0.3, -0.25) is 0 Å². The van der Waals surface area contributed by atoms with Gasteiger partial charge < -0.3 is 9.84 Å². The van der Waals surface area contributed by atoms with Crippen LogP contribution in [0.1, 0.15) is 16.2 Å². The molecule has 0 atom stereocenters. The second-order valence-corrected chi connectivity index (χ2v) is 4.98. The van der Waals surface area contributed by atoms with Crippen molar-refractivity contribution in [1.29, 1.82) is 0 Å². The maximum Gasteiger partial charge on any atom is 0.354 e. The van der Waals surface area contributed by atoms with Gasteiger partial charge in [-0.25, -0.2) is 9.78 Å². The molecular formula is C12H8BrClN2O3. The van der Waals surface area contributed by atoms with Crippen LogP contribution in [-0.2, 0) is 0 Å². The van der Waals surface area contributed by atoms with Crippen molar-refractivity contribution in [2.45, 2.75) is 6.92 Å². The van der Waals surface area contributed by atoms with Crippen LogP contribution in [0.3, 0.4) is 0 Å². The molecule has 0 unspecified atom stereocenters. The van der Waals surface area contributed by atoms with Crippen LogP contribution < -0.4 is 4.74 Å². The fourth-order valence-electron chi connectivity index (χ4n) is 1.35. The Morgan fingerprint density at radius 1 is 1.37 bits per heavy atom. The average molecular weight is 344 g/mol. The number of carbonyl (C=O) groups is 1. The van der Waals surface area contributed by atoms with E-state index in [9.17, 15) is 4.79 Å². The topological polar surface area (TPSA) is 72.3 Å². The van der Waals surface area contributed by atoms with Crippen LogP contribution in [-0.4, -0.2) is 21.0 Å². The third-order valence-electron chi connectivity index (χ3n) is 2.15. The van der Waals surface area contributed by atoms with Crippen molar-refractivity contribution in [2.75, 3.05) is 0 Å². The van der Waals surface area contributed by atoms with E-state index in [1.165, 1.54) is 6.07 Å². The summed E-state index contributed by atoms with van der Waals surface area (Å²) in [6.07, 6.45) is 0. The molecule has 1 aromatic carbocycles. The molecule has 5 nitrogen and oxygen atoms in total. The predicted molar refractivity (Wildman–Crippen MR) is 73.0 cm³/mol. The molecule has 0 spiro atoms. The lowest BCUT2D eigenvalue weighted by molar-refractivity contribution is 0.0689. The summed E-state index contributed by atoms with van der Waals surface area (Å²) < 4.78 is 6.20. The predicted octanol–water partition coefficient (Wildman–Crippen LogP) is 3.69. The minimum Gasteiger partial charge on any atom is -0.477 e. The molecule has 0 aliphatic carbocycles. The SMILES string of the molecule is Cc1cc(C(=O)O)nc(Oc2ccc(Br)cc2Cl)n1. The highest BCUT2D eigenvalue weighted by molar-refractivity contribution is 9.10. The van der Waals surface area contributed by atoms with E-state index in [-0.39, 0.29) is 11.7 Å². The molecule has 19 heavy (non-hydrogen) atoms. The van der Waals surface area contributed by atoms with Crippen LogP contribution in [0.5, 0.6) is 11.8 Å². The molecule has 0 saturated carbocycles. The molecule has 0 aliphatic rings. The maximum atomic E-state index is 10.9. The fraction of sp³-hybridized carbons (Fsp3) is 0.0833. The summed E-state index contributed by atoms with van der Waals surface area (Å²) in [5.41, 5.74) is 0.367. The number of halogens is 2. The minimum absolute atomic E-state index is 0.0541. The molecule has 1 aromatic heterocycles. The van der Waals surface area contributed by atoms with E-state index >= 15 is 0 Å². The van der Waals surface area contributed by atoms with Crippen LogP contribution in [0, 0.1) is 6.92 Å². The van der Waals surface area contributed by atoms with Gasteiger partial charge in [-0.1, -0.05) is 27.5 Å². The van der Waals surface area contributed by atoms with E-state index in [1.54, 1.807) is 25.1 Å². The molecule has 0 radical (unpaired) electrons. The molecule has 0 fully saturated rings. The van der Waals surface area contributed by atoms with E-state index in [0.29, 0.717) is 16.5 Å². The number of aromatic carboxylic acids is 1. The van der Waals surface area contributed by atoms with Gasteiger partial charge in [0, 0.05) is 10.2 Å². The van der Waals surface area contributed by atoms with E-state index in [2.05, 4.69) is 25.9 Å². The number of rotatable bonds is 3. The molecule has 0 bridgehead atoms. The van der Waals surface area contributed by atoms with Crippen LogP contribution in [0.4, 0.5) is 0 Å². The van der Waals surface area contributed by atoms with Gasteiger partial charge in [0.2, 0.25) is 0 Å². The molecule has 1 N–H and O–H groups in total. The zero-order valence-electron chi connectivity index (χ0n) is 9.72. The number of aryl methyl sites for hydroxylation is 1. The first kappa shape index (κ1) is 13.8. The van der Waals surface area contributed by atoms with Crippen molar-refractivity contribution in [3.8, 4) is 11.8 Å². The summed E-state index contributed by atoms with van der Waals surface area (Å²) >= 11 is 9.27. The monoisotopic (exact) mass is 342 g/mol. The number of hydrogen-bond acceptors (Lipinski definition) is 4. The molecule has 2 aromatic rings. The Hall–Kier alpha value is -1.66. The number of ether oxygens (including phenoxy) is 1. The number of carboxylic acids is 1. The lowest BCUT2D eigenvalue weighted by Gasteiger charge is -2.07. The number of carboxylic acid groups (broad SMARTS) is 1. The Morgan fingerprint density at radius 2 is 2.11 bits per heavy atom. The zero-order valence-corrected chi connectivity index (χ0v) is 12.1. The maximum absolute atomic E-state index is 10.9. The Bertz CT molecular complexity index is 649. The van der Waals surface area contributed by atoms with Crippen molar-refractivity contribution in [3.63, 3.8) is 0 Å². The highest BCUT2D eigenvalue weighted by atomic mass is 79.9. The summed E-state index contributed by atoms with van der Waals surface area (Å²) in [6, 6.07) is 6.35. The largest absolute Gasteiger partial charge is 0.477 e. The van der Waals surface area contributed by atoms with Gasteiger partial charge in [-0.15, -0.1) is 0 Å². The fourth-order valence-corrected chi connectivity index (χ4v) is 2.06. The number of hydrogen-bond donors (Lipinski definition) is 1. The summed E-state index contributed by atoms with van der Waals surface area (Å²) in [5.74, 6) is -0.788. The zero-order chi connectivity index (χ0) is 14.0. The van der Waals surface area contributed by atoms with Gasteiger partial charge in [-0.05, 0) is 31.2 Å². The summed E-state index contributed by atoms with van der Waals surface area (Å²) in [4.78, 5) is 18.7. The summed E-state index contributed by atoms with van der Waals surface area (Å²) in [5, 5.41) is 9.28. The molecule has 2 rings (SSSR count). The average Bonchev–Trinajstić information content (AvgIpc) is 2.32. The summed E-state index contributed by atoms with van der Waals surface area (Å²) in [6.45, 7) is 1.66. The lowest BCUT2D eigenvalue weighted by atomic mass is 10.3. The molecule has 1 heterocycles. The molecule has 7 heteroatoms. The second kappa shape index (κ2) is 5.54. The van der Waals surface area contributed by atoms with Crippen molar-refractivity contribution in [1.82, 2.24) is 9.97 Å². The Balaban J connectivity index is 2.35. The van der Waals surface area contributed by atoms with Gasteiger partial charge in [0.1, 0.15) is 5.75 Å². The van der Waals surface area contributed by atoms with Crippen molar-refractivity contribution < 1.29 is 14.6 Å². The normalized spacial score (nSPS) is 10.3. The Morgan fingerprint density at radius 3 is 2.74 bits per heavy atom. The van der Waals surface area contributed by atoms with Crippen molar-refractivity contribution in [2.24, 2.45) is 0 Å². The van der Waals surface area contributed by atoms with Gasteiger partial charge in [-0.2, -0.15) is 4.98 Å². The quantitative estimate of drug-likeness (QED) is 0.920. The van der Waals surface area contributed by atoms with Crippen LogP contribution >= 0.6 is 27.5 Å². The standard InChI is InChI=1S/C12H8BrClN2O3/c1-6-4-9(11(17)18)16-12(15-6)19-10-3-2-7(13)5-8(10)14/h2-5H,1H3,(H,17,18). The van der Waals surface area contributed by atoms with Crippen molar-refractivity contribution in [3.05, 3.63) is 45.1 Å². The Labute approximate surface area is 122 Å². The number of benzene rings is 1. The van der Waals surface area contributed by atoms with Gasteiger partial charge in [0.15, 0.2) is 5.69 Å². The van der Waals surface area contributed by atoms with E-state index in [4.69, 9.17) is 21.4 Å². The lowest BCUT2D eigenvalue weighted by Crippen LogP contribution is -2.04. The molecule has 0 aliphatic heterocycles. The smallest absolute Gasteiger partial charge is 0.354 e. The highest BCUT2D eigenvalue weighted by Crippen LogP contribution is 2.30. The van der Waals surface area contributed by atoms with Gasteiger partial charge >= 0.3 is 12.0 Å². The first-order valence-electron chi connectivity index (χ1n) is 5.17. The minimum atomic E-state index is -1.14. The Kier molecular flexibility index (Phi) is 4.01. The number of aromatic nitrogens is 2. The molecular weight excluding hydrogens is 336 g/mol. The van der Waals surface area contributed by atoms with E-state index in [0.717, 1.165) is 4.47 Å². The molecule has 0 amide bonds. The van der Waals surface area contributed by atoms with Crippen LogP contribution in [0.2, 0.25) is 5.02 Å².